The molecule has 0 bridgehead atoms. The number of esters is 1. The number of nitrogens with one attached hydrogen (secondary N) is 6. The minimum atomic E-state index is -2.36. The number of rotatable bonds is 14. The number of hydrogen-bond acceptors (Lipinski definition) is 16. The van der Waals surface area contributed by atoms with E-state index in [2.05, 4.69) is 31.9 Å². The first-order chi connectivity index (χ1) is 36.0. The van der Waals surface area contributed by atoms with E-state index in [1.165, 1.54) is 27.9 Å². The molecular formula is C52H85N9O16. The van der Waals surface area contributed by atoms with Crippen molar-refractivity contribution in [2.75, 3.05) is 40.9 Å². The fourth-order valence-electron chi connectivity index (χ4n) is 8.40. The molecule has 0 unspecified atom stereocenters. The summed E-state index contributed by atoms with van der Waals surface area (Å²) in [5.74, 6) is -12.2. The van der Waals surface area contributed by atoms with Crippen molar-refractivity contribution >= 4 is 59.1 Å². The van der Waals surface area contributed by atoms with Gasteiger partial charge in [0.15, 0.2) is 0 Å². The van der Waals surface area contributed by atoms with E-state index in [0.29, 0.717) is 12.0 Å². The molecule has 0 aromatic heterocycles. The third kappa shape index (κ3) is 18.7. The average Bonchev–Trinajstić information content (AvgIpc) is 3.39. The van der Waals surface area contributed by atoms with Crippen LogP contribution in [0.25, 0.3) is 0 Å². The molecule has 0 spiro atoms. The number of amides is 9. The van der Waals surface area contributed by atoms with Crippen LogP contribution in [-0.4, -0.2) is 213 Å². The summed E-state index contributed by atoms with van der Waals surface area (Å²) in [5, 5.41) is 68.0. The van der Waals surface area contributed by atoms with E-state index in [-0.39, 0.29) is 25.2 Å². The Labute approximate surface area is 450 Å². The highest BCUT2D eigenvalue weighted by Gasteiger charge is 2.44. The second kappa shape index (κ2) is 31.2. The van der Waals surface area contributed by atoms with Crippen LogP contribution >= 0.6 is 0 Å². The van der Waals surface area contributed by atoms with Crippen molar-refractivity contribution in [2.45, 2.75) is 168 Å². The van der Waals surface area contributed by atoms with Gasteiger partial charge in [0.05, 0.1) is 25.9 Å². The molecule has 0 aliphatic carbocycles. The minimum absolute atomic E-state index is 0.0802. The first-order valence-corrected chi connectivity index (χ1v) is 26.1. The Morgan fingerprint density at radius 1 is 0.623 bits per heavy atom. The maximum absolute atomic E-state index is 14.5. The summed E-state index contributed by atoms with van der Waals surface area (Å²) in [7, 11) is 3.64. The Kier molecular flexibility index (Phi) is 27.1. The lowest BCUT2D eigenvalue weighted by atomic mass is 9.96. The van der Waals surface area contributed by atoms with E-state index >= 15 is 0 Å². The zero-order chi connectivity index (χ0) is 58.8. The molecular weight excluding hydrogens is 1010 g/mol. The molecule has 11 N–H and O–H groups in total. The van der Waals surface area contributed by atoms with Crippen LogP contribution in [0.15, 0.2) is 30.3 Å². The fraction of sp³-hybridized carbons (Fsp3) is 0.692. The molecule has 25 heteroatoms. The van der Waals surface area contributed by atoms with E-state index in [4.69, 9.17) is 4.74 Å². The Balaban J connectivity index is 2.87. The smallest absolute Gasteiger partial charge is 0.329 e. The Morgan fingerprint density at radius 3 is 1.69 bits per heavy atom. The highest BCUT2D eigenvalue weighted by Crippen LogP contribution is 2.19. The van der Waals surface area contributed by atoms with Crippen molar-refractivity contribution in [3.8, 4) is 0 Å². The van der Waals surface area contributed by atoms with E-state index < -0.39 is 169 Å². The van der Waals surface area contributed by atoms with E-state index in [1.54, 1.807) is 85.7 Å². The number of hydrogen-bond donors (Lipinski definition) is 11. The van der Waals surface area contributed by atoms with Gasteiger partial charge in [0.1, 0.15) is 60.5 Å². The molecule has 14 atom stereocenters. The highest BCUT2D eigenvalue weighted by atomic mass is 16.6. The van der Waals surface area contributed by atoms with Gasteiger partial charge in [0, 0.05) is 27.6 Å². The van der Waals surface area contributed by atoms with Gasteiger partial charge >= 0.3 is 5.97 Å². The van der Waals surface area contributed by atoms with Crippen LogP contribution in [0, 0.1) is 23.7 Å². The lowest BCUT2D eigenvalue weighted by Gasteiger charge is -2.36. The maximum atomic E-state index is 14.5. The topological polar surface area (TPSA) is 363 Å². The molecule has 1 aliphatic rings. The molecule has 434 valence electrons. The van der Waals surface area contributed by atoms with Crippen LogP contribution in [0.1, 0.15) is 94.1 Å². The van der Waals surface area contributed by atoms with Gasteiger partial charge in [-0.3, -0.25) is 43.2 Å². The number of likely N-dealkylation sites (N-methyl/N-ethyl adjacent to an activating group) is 3. The predicted molar refractivity (Wildman–Crippen MR) is 279 cm³/mol. The normalized spacial score (nSPS) is 27.3. The molecule has 77 heavy (non-hydrogen) atoms. The molecule has 0 saturated carbocycles. The molecule has 1 heterocycles. The summed E-state index contributed by atoms with van der Waals surface area (Å²) in [6.07, 6.45) is -8.03. The first-order valence-electron chi connectivity index (χ1n) is 26.1. The van der Waals surface area contributed by atoms with Crippen molar-refractivity contribution < 1.29 is 78.2 Å². The molecule has 0 radical (unpaired) electrons. The zero-order valence-electron chi connectivity index (χ0n) is 46.6. The number of carbonyl (C=O) groups excluding carboxylic acids is 10. The van der Waals surface area contributed by atoms with Crippen molar-refractivity contribution in [3.63, 3.8) is 0 Å². The quantitative estimate of drug-likeness (QED) is 0.0832. The SMILES string of the molecule is CC[C@H](C)[C@@H]1NC(=O)CNC(=O)[C@H](Cc2ccccc2)N(C)C(=O)[C@H](C(C)C)NC(=O)[C@H]([C@@H](C)O)N(C)C(=O)[C@H](CC(C)C)NC(=O)[C@@H]([C@@H](O)[C@H](O)CO)OC(=O)[C@H](C)N(C)C(=O)[C@H]([C@@H](C)CC)NC(=O)[C@H](CO)NC1=O. The summed E-state index contributed by atoms with van der Waals surface area (Å²) in [6, 6.07) is -3.48. The second-order valence-electron chi connectivity index (χ2n) is 20.7. The monoisotopic (exact) mass is 1090 g/mol. The van der Waals surface area contributed by atoms with Gasteiger partial charge in [-0.15, -0.1) is 0 Å². The second-order valence-corrected chi connectivity index (χ2v) is 20.7. The lowest BCUT2D eigenvalue weighted by Crippen LogP contribution is -2.63. The average molecular weight is 1090 g/mol. The molecule has 1 fully saturated rings. The number of ether oxygens (including phenoxy) is 1. The summed E-state index contributed by atoms with van der Waals surface area (Å²) in [6.45, 7) is 12.8. The van der Waals surface area contributed by atoms with E-state index in [9.17, 15) is 73.5 Å². The Bertz CT molecular complexity index is 2180. The Morgan fingerprint density at radius 2 is 1.17 bits per heavy atom. The van der Waals surface area contributed by atoms with Crippen molar-refractivity contribution in [1.82, 2.24) is 46.6 Å². The largest absolute Gasteiger partial charge is 0.448 e. The third-order valence-electron chi connectivity index (χ3n) is 13.9. The van der Waals surface area contributed by atoms with E-state index in [0.717, 1.165) is 21.7 Å². The van der Waals surface area contributed by atoms with Gasteiger partial charge in [0.2, 0.25) is 53.4 Å². The van der Waals surface area contributed by atoms with Crippen molar-refractivity contribution in [1.29, 1.82) is 0 Å². The van der Waals surface area contributed by atoms with Gasteiger partial charge in [-0.25, -0.2) is 4.79 Å². The van der Waals surface area contributed by atoms with Gasteiger partial charge in [0.25, 0.3) is 5.91 Å². The zero-order valence-corrected chi connectivity index (χ0v) is 46.6. The summed E-state index contributed by atoms with van der Waals surface area (Å²) in [5.41, 5.74) is 0.609. The standard InChI is InChI=1S/C52H85N9O16/c1-14-28(7)39-46(70)55-34(24-62)44(68)58-40(29(8)15-2)51(75)59(11)30(9)52(76)77-43(42(67)36(65)25-63)48(72)54-33(21-26(3)4)49(73)61(13)41(31(10)64)47(71)57-38(27(5)6)50(74)60(12)35(22-32-19-17-16-18-20-32)45(69)53-23-37(66)56-39/h16-20,26-31,33-36,38-43,62-65,67H,14-15,21-25H2,1-13H3,(H,53,69)(H,54,72)(H,55,70)(H,56,66)(H,57,71)(H,58,68)/t28-,29-,30-,31+,33-,34-,35-,36+,38-,39-,40-,41-,42-,43+/m0/s1. The predicted octanol–water partition coefficient (Wildman–Crippen LogP) is -2.92. The number of benzene rings is 1. The van der Waals surface area contributed by atoms with Crippen LogP contribution in [0.5, 0.6) is 0 Å². The summed E-state index contributed by atoms with van der Waals surface area (Å²) < 4.78 is 5.45. The van der Waals surface area contributed by atoms with Crippen LogP contribution in [0.2, 0.25) is 0 Å². The molecule has 1 aliphatic heterocycles. The van der Waals surface area contributed by atoms with Crippen LogP contribution in [-0.2, 0) is 59.1 Å². The molecule has 9 amide bonds. The van der Waals surface area contributed by atoms with Crippen LogP contribution < -0.4 is 31.9 Å². The molecule has 2 rings (SSSR count). The molecule has 1 aromatic rings. The minimum Gasteiger partial charge on any atom is -0.448 e. The number of cyclic esters (lactones) is 1. The molecule has 1 saturated heterocycles. The fourth-order valence-corrected chi connectivity index (χ4v) is 8.40. The van der Waals surface area contributed by atoms with Crippen molar-refractivity contribution in [2.24, 2.45) is 23.7 Å². The number of nitrogens with zero attached hydrogens (tertiary/aromatic N) is 3. The third-order valence-corrected chi connectivity index (χ3v) is 13.9. The number of aliphatic hydroxyl groups is 5. The van der Waals surface area contributed by atoms with Crippen LogP contribution in [0.3, 0.4) is 0 Å². The molecule has 1 aromatic carbocycles. The van der Waals surface area contributed by atoms with Gasteiger partial charge in [-0.2, -0.15) is 0 Å². The van der Waals surface area contributed by atoms with Crippen molar-refractivity contribution in [3.05, 3.63) is 35.9 Å². The first kappa shape index (κ1) is 66.8. The number of aliphatic hydroxyl groups excluding tert-OH is 5. The van der Waals surface area contributed by atoms with Gasteiger partial charge < -0.3 is 76.9 Å². The van der Waals surface area contributed by atoms with Gasteiger partial charge in [-0.05, 0) is 49.5 Å². The Hall–Kier alpha value is -6.28. The maximum Gasteiger partial charge on any atom is 0.329 e. The van der Waals surface area contributed by atoms with E-state index in [1.807, 2.05) is 0 Å². The molecule has 25 nitrogen and oxygen atoms in total. The number of carbonyl (C=O) groups is 10. The highest BCUT2D eigenvalue weighted by molar-refractivity contribution is 5.98. The summed E-state index contributed by atoms with van der Waals surface area (Å²) in [4.78, 5) is 144. The lowest BCUT2D eigenvalue weighted by molar-refractivity contribution is -0.175. The van der Waals surface area contributed by atoms with Crippen LogP contribution in [0.4, 0.5) is 0 Å². The van der Waals surface area contributed by atoms with Gasteiger partial charge in [-0.1, -0.05) is 98.6 Å². The summed E-state index contributed by atoms with van der Waals surface area (Å²) >= 11 is 0.